The monoisotopic (exact) mass is 286 g/mol. The van der Waals surface area contributed by atoms with E-state index in [1.54, 1.807) is 0 Å². The van der Waals surface area contributed by atoms with Crippen molar-refractivity contribution in [2.45, 2.75) is 37.9 Å². The van der Waals surface area contributed by atoms with Gasteiger partial charge in [-0.25, -0.2) is 0 Å². The van der Waals surface area contributed by atoms with Crippen LogP contribution < -0.4 is 4.74 Å². The second-order valence-corrected chi connectivity index (χ2v) is 6.71. The van der Waals surface area contributed by atoms with Gasteiger partial charge in [0, 0.05) is 10.8 Å². The quantitative estimate of drug-likeness (QED) is 0.663. The number of unbranched alkanes of at least 4 members (excludes halogenated alkanes) is 1. The standard InChI is InChI=1S/C18H22OS/c1-2-3-12-19-16-11-10-14-7-4-5-8-15(14)18(16)17-9-6-13-20-17/h4-5,7-8,10-11,17H,2-3,6,9,12-13H2,1H3. The third-order valence-electron chi connectivity index (χ3n) is 3.94. The second-order valence-electron chi connectivity index (χ2n) is 5.40. The van der Waals surface area contributed by atoms with Crippen LogP contribution in [0.1, 0.15) is 43.4 Å². The number of hydrogen-bond donors (Lipinski definition) is 0. The lowest BCUT2D eigenvalue weighted by Crippen LogP contribution is -2.02. The van der Waals surface area contributed by atoms with E-state index in [0.717, 1.165) is 18.8 Å². The van der Waals surface area contributed by atoms with E-state index >= 15 is 0 Å². The molecule has 3 rings (SSSR count). The second kappa shape index (κ2) is 6.53. The van der Waals surface area contributed by atoms with Gasteiger partial charge in [0.2, 0.25) is 0 Å². The van der Waals surface area contributed by atoms with Gasteiger partial charge in [-0.1, -0.05) is 43.7 Å². The average Bonchev–Trinajstić information content (AvgIpc) is 3.01. The van der Waals surface area contributed by atoms with Gasteiger partial charge in [0.05, 0.1) is 6.61 Å². The normalized spacial score (nSPS) is 18.6. The molecular weight excluding hydrogens is 264 g/mol. The molecule has 0 saturated carbocycles. The van der Waals surface area contributed by atoms with Crippen LogP contribution in [-0.2, 0) is 0 Å². The first-order valence-electron chi connectivity index (χ1n) is 7.66. The summed E-state index contributed by atoms with van der Waals surface area (Å²) in [6.45, 7) is 3.04. The van der Waals surface area contributed by atoms with Gasteiger partial charge < -0.3 is 4.74 Å². The van der Waals surface area contributed by atoms with Crippen molar-refractivity contribution >= 4 is 22.5 Å². The summed E-state index contributed by atoms with van der Waals surface area (Å²) in [7, 11) is 0. The lowest BCUT2D eigenvalue weighted by Gasteiger charge is -2.18. The predicted octanol–water partition coefficient (Wildman–Crippen LogP) is 5.59. The van der Waals surface area contributed by atoms with Crippen LogP contribution in [0.5, 0.6) is 5.75 Å². The molecular formula is C18H22OS. The highest BCUT2D eigenvalue weighted by molar-refractivity contribution is 7.99. The van der Waals surface area contributed by atoms with Gasteiger partial charge in [-0.3, -0.25) is 0 Å². The largest absolute Gasteiger partial charge is 0.493 e. The molecule has 1 aliphatic heterocycles. The Morgan fingerprint density at radius 1 is 1.20 bits per heavy atom. The first-order chi connectivity index (χ1) is 9.90. The van der Waals surface area contributed by atoms with E-state index in [4.69, 9.17) is 4.74 Å². The zero-order valence-electron chi connectivity index (χ0n) is 12.1. The van der Waals surface area contributed by atoms with Gasteiger partial charge in [-0.05, 0) is 41.9 Å². The number of thioether (sulfide) groups is 1. The molecule has 1 heterocycles. The number of rotatable bonds is 5. The van der Waals surface area contributed by atoms with Crippen molar-refractivity contribution in [1.82, 2.24) is 0 Å². The fourth-order valence-corrected chi connectivity index (χ4v) is 4.23. The fraction of sp³-hybridized carbons (Fsp3) is 0.444. The number of fused-ring (bicyclic) bond motifs is 1. The molecule has 0 aromatic heterocycles. The summed E-state index contributed by atoms with van der Waals surface area (Å²) in [6.07, 6.45) is 4.92. The van der Waals surface area contributed by atoms with Gasteiger partial charge in [0.25, 0.3) is 0 Å². The molecule has 0 N–H and O–H groups in total. The first kappa shape index (κ1) is 13.8. The highest BCUT2D eigenvalue weighted by atomic mass is 32.2. The van der Waals surface area contributed by atoms with Crippen molar-refractivity contribution in [1.29, 1.82) is 0 Å². The average molecular weight is 286 g/mol. The third-order valence-corrected chi connectivity index (χ3v) is 5.34. The lowest BCUT2D eigenvalue weighted by molar-refractivity contribution is 0.306. The van der Waals surface area contributed by atoms with E-state index < -0.39 is 0 Å². The zero-order chi connectivity index (χ0) is 13.8. The molecule has 0 amide bonds. The molecule has 1 nitrogen and oxygen atoms in total. The molecule has 1 fully saturated rings. The van der Waals surface area contributed by atoms with E-state index in [2.05, 4.69) is 55.1 Å². The van der Waals surface area contributed by atoms with Crippen molar-refractivity contribution in [2.75, 3.05) is 12.4 Å². The van der Waals surface area contributed by atoms with Crippen LogP contribution in [0.3, 0.4) is 0 Å². The summed E-state index contributed by atoms with van der Waals surface area (Å²) in [4.78, 5) is 0. The maximum absolute atomic E-state index is 6.08. The zero-order valence-corrected chi connectivity index (χ0v) is 12.9. The molecule has 2 aromatic carbocycles. The molecule has 1 saturated heterocycles. The Morgan fingerprint density at radius 3 is 2.90 bits per heavy atom. The first-order valence-corrected chi connectivity index (χ1v) is 8.71. The summed E-state index contributed by atoms with van der Waals surface area (Å²) in [5, 5.41) is 3.32. The van der Waals surface area contributed by atoms with Gasteiger partial charge in [0.15, 0.2) is 0 Å². The van der Waals surface area contributed by atoms with Gasteiger partial charge in [-0.15, -0.1) is 0 Å². The smallest absolute Gasteiger partial charge is 0.124 e. The Bertz CT molecular complexity index is 573. The highest BCUT2D eigenvalue weighted by Gasteiger charge is 2.23. The minimum absolute atomic E-state index is 0.609. The third kappa shape index (κ3) is 2.80. The molecule has 1 atom stereocenters. The van der Waals surface area contributed by atoms with Crippen molar-refractivity contribution in [3.63, 3.8) is 0 Å². The highest BCUT2D eigenvalue weighted by Crippen LogP contribution is 2.46. The van der Waals surface area contributed by atoms with Crippen molar-refractivity contribution in [3.05, 3.63) is 42.0 Å². The molecule has 0 aliphatic carbocycles. The number of benzene rings is 2. The van der Waals surface area contributed by atoms with E-state index in [9.17, 15) is 0 Å². The summed E-state index contributed by atoms with van der Waals surface area (Å²) in [6, 6.07) is 13.1. The lowest BCUT2D eigenvalue weighted by atomic mass is 9.99. The van der Waals surface area contributed by atoms with E-state index in [1.807, 2.05) is 0 Å². The number of ether oxygens (including phenoxy) is 1. The van der Waals surface area contributed by atoms with Crippen LogP contribution in [0.15, 0.2) is 36.4 Å². The molecule has 1 unspecified atom stereocenters. The van der Waals surface area contributed by atoms with Crippen LogP contribution in [0.25, 0.3) is 10.8 Å². The maximum Gasteiger partial charge on any atom is 0.124 e. The summed E-state index contributed by atoms with van der Waals surface area (Å²) >= 11 is 2.08. The molecule has 2 aromatic rings. The minimum Gasteiger partial charge on any atom is -0.493 e. The summed E-state index contributed by atoms with van der Waals surface area (Å²) < 4.78 is 6.08. The van der Waals surface area contributed by atoms with Crippen LogP contribution >= 0.6 is 11.8 Å². The number of hydrogen-bond acceptors (Lipinski definition) is 2. The van der Waals surface area contributed by atoms with Gasteiger partial charge in [0.1, 0.15) is 5.75 Å². The molecule has 20 heavy (non-hydrogen) atoms. The Kier molecular flexibility index (Phi) is 4.51. The van der Waals surface area contributed by atoms with Crippen LogP contribution in [0, 0.1) is 0 Å². The Labute approximate surface area is 125 Å². The Balaban J connectivity index is 2.01. The van der Waals surface area contributed by atoms with Crippen LogP contribution in [0.4, 0.5) is 0 Å². The van der Waals surface area contributed by atoms with Crippen molar-refractivity contribution in [3.8, 4) is 5.75 Å². The molecule has 0 radical (unpaired) electrons. The van der Waals surface area contributed by atoms with E-state index in [1.165, 1.54) is 41.4 Å². The SMILES string of the molecule is CCCCOc1ccc2ccccc2c1C1CCCS1. The van der Waals surface area contributed by atoms with Gasteiger partial charge >= 0.3 is 0 Å². The maximum atomic E-state index is 6.08. The van der Waals surface area contributed by atoms with Gasteiger partial charge in [-0.2, -0.15) is 11.8 Å². The Hall–Kier alpha value is -1.15. The van der Waals surface area contributed by atoms with Crippen LogP contribution in [-0.4, -0.2) is 12.4 Å². The van der Waals surface area contributed by atoms with Crippen LogP contribution in [0.2, 0.25) is 0 Å². The van der Waals surface area contributed by atoms with E-state index in [0.29, 0.717) is 5.25 Å². The summed E-state index contributed by atoms with van der Waals surface area (Å²) in [5.41, 5.74) is 1.43. The van der Waals surface area contributed by atoms with Crippen molar-refractivity contribution < 1.29 is 4.74 Å². The van der Waals surface area contributed by atoms with Crippen molar-refractivity contribution in [2.24, 2.45) is 0 Å². The molecule has 106 valence electrons. The van der Waals surface area contributed by atoms with E-state index in [-0.39, 0.29) is 0 Å². The fourth-order valence-electron chi connectivity index (χ4n) is 2.87. The summed E-state index contributed by atoms with van der Waals surface area (Å²) in [5.74, 6) is 2.39. The topological polar surface area (TPSA) is 9.23 Å². The molecule has 1 aliphatic rings. The minimum atomic E-state index is 0.609. The molecule has 0 spiro atoms. The predicted molar refractivity (Wildman–Crippen MR) is 88.8 cm³/mol. The Morgan fingerprint density at radius 2 is 2.10 bits per heavy atom. The molecule has 2 heteroatoms. The molecule has 0 bridgehead atoms.